The van der Waals surface area contributed by atoms with Gasteiger partial charge in [-0.1, -0.05) is 6.07 Å². The number of fused-ring (bicyclic) bond motifs is 1. The molecule has 3 rings (SSSR count). The van der Waals surface area contributed by atoms with E-state index < -0.39 is 0 Å². The van der Waals surface area contributed by atoms with E-state index >= 15 is 0 Å². The van der Waals surface area contributed by atoms with Gasteiger partial charge in [-0.25, -0.2) is 0 Å². The van der Waals surface area contributed by atoms with Crippen LogP contribution < -0.4 is 10.3 Å². The summed E-state index contributed by atoms with van der Waals surface area (Å²) in [6.07, 6.45) is 1.82. The van der Waals surface area contributed by atoms with Gasteiger partial charge in [-0.15, -0.1) is 0 Å². The van der Waals surface area contributed by atoms with Gasteiger partial charge in [-0.2, -0.15) is 0 Å². The van der Waals surface area contributed by atoms with Gasteiger partial charge in [-0.05, 0) is 25.1 Å². The van der Waals surface area contributed by atoms with Crippen LogP contribution in [0.1, 0.15) is 6.92 Å². The van der Waals surface area contributed by atoms with Crippen molar-refractivity contribution in [3.05, 3.63) is 40.8 Å². The molecule has 0 radical (unpaired) electrons. The molecule has 0 spiro atoms. The third-order valence-corrected chi connectivity index (χ3v) is 4.43. The Balaban J connectivity index is 1.68. The minimum absolute atomic E-state index is 0.00386. The summed E-state index contributed by atoms with van der Waals surface area (Å²) in [6.45, 7) is 8.64. The van der Waals surface area contributed by atoms with E-state index in [2.05, 4.69) is 4.90 Å². The van der Waals surface area contributed by atoms with Crippen LogP contribution in [0.2, 0.25) is 0 Å². The lowest BCUT2D eigenvalue weighted by Crippen LogP contribution is -2.38. The maximum atomic E-state index is 12.6. The summed E-state index contributed by atoms with van der Waals surface area (Å²) in [5, 5.41) is 1.55. The number of ether oxygens (including phenoxy) is 3. The molecular weight excluding hydrogens is 320 g/mol. The van der Waals surface area contributed by atoms with Crippen molar-refractivity contribution in [3.8, 4) is 5.75 Å². The molecular formula is C19H26N2O4. The highest BCUT2D eigenvalue weighted by Gasteiger charge is 2.11. The summed E-state index contributed by atoms with van der Waals surface area (Å²) in [4.78, 5) is 15.0. The second-order valence-corrected chi connectivity index (χ2v) is 6.03. The zero-order valence-electron chi connectivity index (χ0n) is 14.8. The van der Waals surface area contributed by atoms with E-state index in [1.54, 1.807) is 4.57 Å². The quantitative estimate of drug-likeness (QED) is 0.682. The largest absolute Gasteiger partial charge is 0.492 e. The first-order valence-corrected chi connectivity index (χ1v) is 8.92. The monoisotopic (exact) mass is 346 g/mol. The van der Waals surface area contributed by atoms with Crippen molar-refractivity contribution in [3.63, 3.8) is 0 Å². The smallest absolute Gasteiger partial charge is 0.258 e. The highest BCUT2D eigenvalue weighted by atomic mass is 16.5. The molecule has 0 aliphatic carbocycles. The molecule has 0 saturated carbocycles. The van der Waals surface area contributed by atoms with E-state index in [0.29, 0.717) is 31.8 Å². The van der Waals surface area contributed by atoms with Crippen molar-refractivity contribution in [2.45, 2.75) is 13.5 Å². The third-order valence-electron chi connectivity index (χ3n) is 4.43. The summed E-state index contributed by atoms with van der Waals surface area (Å²) >= 11 is 0. The first-order chi connectivity index (χ1) is 12.3. The van der Waals surface area contributed by atoms with E-state index in [1.165, 1.54) is 0 Å². The fourth-order valence-electron chi connectivity index (χ4n) is 3.01. The van der Waals surface area contributed by atoms with E-state index in [-0.39, 0.29) is 5.56 Å². The van der Waals surface area contributed by atoms with Gasteiger partial charge in [0.15, 0.2) is 0 Å². The zero-order chi connectivity index (χ0) is 17.5. The lowest BCUT2D eigenvalue weighted by Gasteiger charge is -2.26. The Morgan fingerprint density at radius 2 is 1.92 bits per heavy atom. The Morgan fingerprint density at radius 1 is 1.08 bits per heavy atom. The van der Waals surface area contributed by atoms with Crippen LogP contribution in [-0.4, -0.2) is 62.1 Å². The molecule has 0 amide bonds. The van der Waals surface area contributed by atoms with Crippen molar-refractivity contribution in [2.24, 2.45) is 0 Å². The Morgan fingerprint density at radius 3 is 2.72 bits per heavy atom. The Hall–Kier alpha value is -1.89. The molecule has 1 aromatic heterocycles. The maximum Gasteiger partial charge on any atom is 0.258 e. The molecule has 1 aliphatic heterocycles. The van der Waals surface area contributed by atoms with E-state index in [4.69, 9.17) is 14.2 Å². The molecule has 1 aromatic carbocycles. The molecule has 1 aliphatic rings. The van der Waals surface area contributed by atoms with Crippen molar-refractivity contribution in [2.75, 3.05) is 52.7 Å². The van der Waals surface area contributed by atoms with Gasteiger partial charge < -0.3 is 18.8 Å². The topological polar surface area (TPSA) is 52.9 Å². The minimum Gasteiger partial charge on any atom is -0.492 e. The number of nitrogens with zero attached hydrogens (tertiary/aromatic N) is 2. The van der Waals surface area contributed by atoms with Crippen LogP contribution >= 0.6 is 0 Å². The summed E-state index contributed by atoms with van der Waals surface area (Å²) in [7, 11) is 0. The second-order valence-electron chi connectivity index (χ2n) is 6.03. The van der Waals surface area contributed by atoms with E-state index in [0.717, 1.165) is 44.0 Å². The molecule has 0 unspecified atom stereocenters. The van der Waals surface area contributed by atoms with E-state index in [1.807, 2.05) is 37.4 Å². The van der Waals surface area contributed by atoms with Gasteiger partial charge in [0.25, 0.3) is 5.56 Å². The Labute approximate surface area is 147 Å². The van der Waals surface area contributed by atoms with Gasteiger partial charge in [0.2, 0.25) is 0 Å². The van der Waals surface area contributed by atoms with Crippen LogP contribution in [0.5, 0.6) is 5.75 Å². The molecule has 25 heavy (non-hydrogen) atoms. The lowest BCUT2D eigenvalue weighted by molar-refractivity contribution is 0.0323. The number of pyridine rings is 1. The van der Waals surface area contributed by atoms with Crippen molar-refractivity contribution < 1.29 is 14.2 Å². The van der Waals surface area contributed by atoms with Gasteiger partial charge in [0.1, 0.15) is 12.4 Å². The highest BCUT2D eigenvalue weighted by Crippen LogP contribution is 2.23. The third kappa shape index (κ3) is 4.60. The normalized spacial score (nSPS) is 15.6. The fourth-order valence-corrected chi connectivity index (χ4v) is 3.01. The summed E-state index contributed by atoms with van der Waals surface area (Å²) in [5.74, 6) is 0.764. The van der Waals surface area contributed by atoms with Crippen LogP contribution in [0.15, 0.2) is 35.3 Å². The van der Waals surface area contributed by atoms with Crippen LogP contribution in [0.3, 0.4) is 0 Å². The van der Waals surface area contributed by atoms with Crippen LogP contribution in [0.4, 0.5) is 0 Å². The first kappa shape index (κ1) is 17.9. The maximum absolute atomic E-state index is 12.6. The predicted molar refractivity (Wildman–Crippen MR) is 97.5 cm³/mol. The molecule has 6 nitrogen and oxygen atoms in total. The predicted octanol–water partition coefficient (Wildman–Crippen LogP) is 1.75. The van der Waals surface area contributed by atoms with Gasteiger partial charge in [-0.3, -0.25) is 9.69 Å². The number of rotatable bonds is 8. The number of hydrogen-bond donors (Lipinski definition) is 0. The van der Waals surface area contributed by atoms with Crippen molar-refractivity contribution in [1.29, 1.82) is 0 Å². The average molecular weight is 346 g/mol. The summed E-state index contributed by atoms with van der Waals surface area (Å²) in [6, 6.07) is 7.60. The molecule has 2 aromatic rings. The fraction of sp³-hybridized carbons (Fsp3) is 0.526. The highest BCUT2D eigenvalue weighted by molar-refractivity contribution is 5.87. The molecule has 6 heteroatoms. The lowest BCUT2D eigenvalue weighted by atomic mass is 10.1. The average Bonchev–Trinajstić information content (AvgIpc) is 2.65. The molecule has 0 atom stereocenters. The van der Waals surface area contributed by atoms with Crippen molar-refractivity contribution >= 4 is 10.8 Å². The second kappa shape index (κ2) is 8.99. The number of aromatic nitrogens is 1. The number of benzene rings is 1. The summed E-state index contributed by atoms with van der Waals surface area (Å²) in [5.41, 5.74) is -0.00386. The van der Waals surface area contributed by atoms with Crippen LogP contribution in [0.25, 0.3) is 10.8 Å². The molecule has 1 fully saturated rings. The molecule has 136 valence electrons. The van der Waals surface area contributed by atoms with Gasteiger partial charge >= 0.3 is 0 Å². The molecule has 0 bridgehead atoms. The number of hydrogen-bond acceptors (Lipinski definition) is 5. The first-order valence-electron chi connectivity index (χ1n) is 8.92. The SMILES string of the molecule is CCOCCn1ccc2c(OCCN3CCOCC3)cccc2c1=O. The van der Waals surface area contributed by atoms with Gasteiger partial charge in [0, 0.05) is 44.4 Å². The minimum atomic E-state index is -0.00386. The van der Waals surface area contributed by atoms with Crippen molar-refractivity contribution in [1.82, 2.24) is 9.47 Å². The zero-order valence-corrected chi connectivity index (χ0v) is 14.8. The Bertz CT molecular complexity index is 738. The Kier molecular flexibility index (Phi) is 6.44. The molecule has 0 N–H and O–H groups in total. The van der Waals surface area contributed by atoms with Crippen LogP contribution in [-0.2, 0) is 16.0 Å². The standard InChI is InChI=1S/C19H26N2O4/c1-2-23-14-11-21-7-6-16-17(19(21)22)4-3-5-18(16)25-15-10-20-8-12-24-13-9-20/h3-7H,2,8-15H2,1H3. The van der Waals surface area contributed by atoms with Crippen LogP contribution in [0, 0.1) is 0 Å². The van der Waals surface area contributed by atoms with E-state index in [9.17, 15) is 4.79 Å². The van der Waals surface area contributed by atoms with Gasteiger partial charge in [0.05, 0.1) is 25.2 Å². The summed E-state index contributed by atoms with van der Waals surface area (Å²) < 4.78 is 18.3. The molecule has 1 saturated heterocycles. The number of morpholine rings is 1. The molecule has 2 heterocycles.